The van der Waals surface area contributed by atoms with Gasteiger partial charge in [-0.05, 0) is 54.5 Å². The molecular formula is C19H20O. The van der Waals surface area contributed by atoms with Crippen molar-refractivity contribution >= 4 is 5.57 Å². The zero-order chi connectivity index (χ0) is 13.8. The van der Waals surface area contributed by atoms with Crippen molar-refractivity contribution in [1.82, 2.24) is 0 Å². The lowest BCUT2D eigenvalue weighted by Crippen LogP contribution is -2.00. The van der Waals surface area contributed by atoms with Gasteiger partial charge in [-0.1, -0.05) is 54.5 Å². The van der Waals surface area contributed by atoms with Gasteiger partial charge in [0.05, 0.1) is 0 Å². The highest BCUT2D eigenvalue weighted by Crippen LogP contribution is 2.35. The molecule has 0 atom stereocenters. The molecule has 20 heavy (non-hydrogen) atoms. The van der Waals surface area contributed by atoms with Gasteiger partial charge in [-0.3, -0.25) is 0 Å². The molecule has 0 aliphatic heterocycles. The van der Waals surface area contributed by atoms with Crippen LogP contribution in [-0.4, -0.2) is 5.11 Å². The summed E-state index contributed by atoms with van der Waals surface area (Å²) in [4.78, 5) is 0. The van der Waals surface area contributed by atoms with Crippen molar-refractivity contribution in [3.63, 3.8) is 0 Å². The third-order valence-corrected chi connectivity index (χ3v) is 4.03. The molecule has 2 aromatic carbocycles. The van der Waals surface area contributed by atoms with Gasteiger partial charge in [0.2, 0.25) is 0 Å². The van der Waals surface area contributed by atoms with Crippen LogP contribution in [-0.2, 0) is 0 Å². The monoisotopic (exact) mass is 264 g/mol. The first-order valence-corrected chi connectivity index (χ1v) is 7.41. The molecule has 1 fully saturated rings. The number of phenols is 1. The van der Waals surface area contributed by atoms with Crippen LogP contribution in [0.5, 0.6) is 5.75 Å². The maximum Gasteiger partial charge on any atom is 0.115 e. The SMILES string of the molecule is Oc1ccc(C(=C2CCCCC2)c2ccccc2)cc1. The Morgan fingerprint density at radius 3 is 1.95 bits per heavy atom. The minimum atomic E-state index is 0.329. The number of hydrogen-bond acceptors (Lipinski definition) is 1. The summed E-state index contributed by atoms with van der Waals surface area (Å²) in [7, 11) is 0. The van der Waals surface area contributed by atoms with Crippen LogP contribution in [0.4, 0.5) is 0 Å². The van der Waals surface area contributed by atoms with E-state index in [4.69, 9.17) is 0 Å². The van der Waals surface area contributed by atoms with Gasteiger partial charge in [-0.15, -0.1) is 0 Å². The predicted octanol–water partition coefficient (Wildman–Crippen LogP) is 5.16. The number of aromatic hydroxyl groups is 1. The van der Waals surface area contributed by atoms with Crippen molar-refractivity contribution < 1.29 is 5.11 Å². The number of phenolic OH excluding ortho intramolecular Hbond substituents is 1. The molecule has 1 N–H and O–H groups in total. The fraction of sp³-hybridized carbons (Fsp3) is 0.263. The summed E-state index contributed by atoms with van der Waals surface area (Å²) in [5.74, 6) is 0.329. The minimum Gasteiger partial charge on any atom is -0.508 e. The molecule has 0 radical (unpaired) electrons. The summed E-state index contributed by atoms with van der Waals surface area (Å²) in [5, 5.41) is 9.50. The highest BCUT2D eigenvalue weighted by Gasteiger charge is 2.14. The Kier molecular flexibility index (Phi) is 3.87. The van der Waals surface area contributed by atoms with E-state index >= 15 is 0 Å². The topological polar surface area (TPSA) is 20.2 Å². The second kappa shape index (κ2) is 5.96. The van der Waals surface area contributed by atoms with Crippen LogP contribution in [0.25, 0.3) is 5.57 Å². The van der Waals surface area contributed by atoms with Crippen molar-refractivity contribution in [3.05, 3.63) is 71.3 Å². The lowest BCUT2D eigenvalue weighted by molar-refractivity contribution is 0.475. The summed E-state index contributed by atoms with van der Waals surface area (Å²) in [6.45, 7) is 0. The first-order chi connectivity index (χ1) is 9.84. The Morgan fingerprint density at radius 1 is 0.700 bits per heavy atom. The fourth-order valence-corrected chi connectivity index (χ4v) is 3.04. The number of hydrogen-bond donors (Lipinski definition) is 1. The van der Waals surface area contributed by atoms with Crippen LogP contribution in [0.3, 0.4) is 0 Å². The molecule has 0 unspecified atom stereocenters. The van der Waals surface area contributed by atoms with E-state index in [2.05, 4.69) is 30.3 Å². The quantitative estimate of drug-likeness (QED) is 0.794. The number of rotatable bonds is 2. The third kappa shape index (κ3) is 2.77. The van der Waals surface area contributed by atoms with Crippen LogP contribution < -0.4 is 0 Å². The van der Waals surface area contributed by atoms with Crippen molar-refractivity contribution in [2.45, 2.75) is 32.1 Å². The predicted molar refractivity (Wildman–Crippen MR) is 83.7 cm³/mol. The van der Waals surface area contributed by atoms with Gasteiger partial charge < -0.3 is 5.11 Å². The van der Waals surface area contributed by atoms with Gasteiger partial charge in [0.25, 0.3) is 0 Å². The molecule has 0 saturated heterocycles. The van der Waals surface area contributed by atoms with Gasteiger partial charge in [0.1, 0.15) is 5.75 Å². The van der Waals surface area contributed by atoms with E-state index < -0.39 is 0 Å². The highest BCUT2D eigenvalue weighted by molar-refractivity contribution is 5.82. The van der Waals surface area contributed by atoms with Crippen LogP contribution in [0.1, 0.15) is 43.2 Å². The Hall–Kier alpha value is -2.02. The number of benzene rings is 2. The van der Waals surface area contributed by atoms with E-state index in [0.29, 0.717) is 5.75 Å². The standard InChI is InChI=1S/C19H20O/c20-18-13-11-17(12-14-18)19(15-7-3-1-4-8-15)16-9-5-2-6-10-16/h1,3-4,7-8,11-14,20H,2,5-6,9-10H2. The zero-order valence-corrected chi connectivity index (χ0v) is 11.7. The normalized spacial score (nSPS) is 15.1. The second-order valence-corrected chi connectivity index (χ2v) is 5.45. The Morgan fingerprint density at radius 2 is 1.30 bits per heavy atom. The molecule has 1 aliphatic carbocycles. The summed E-state index contributed by atoms with van der Waals surface area (Å²) < 4.78 is 0. The molecule has 2 aromatic rings. The first-order valence-electron chi connectivity index (χ1n) is 7.41. The van der Waals surface area contributed by atoms with Crippen molar-refractivity contribution in [2.24, 2.45) is 0 Å². The van der Waals surface area contributed by atoms with Crippen LogP contribution in [0.15, 0.2) is 60.2 Å². The summed E-state index contributed by atoms with van der Waals surface area (Å²) in [6, 6.07) is 18.2. The molecule has 3 rings (SSSR count). The summed E-state index contributed by atoms with van der Waals surface area (Å²) in [6.07, 6.45) is 6.34. The van der Waals surface area contributed by atoms with Crippen LogP contribution in [0, 0.1) is 0 Å². The van der Waals surface area contributed by atoms with E-state index in [-0.39, 0.29) is 0 Å². The maximum absolute atomic E-state index is 9.50. The van der Waals surface area contributed by atoms with Gasteiger partial charge >= 0.3 is 0 Å². The third-order valence-electron chi connectivity index (χ3n) is 4.03. The lowest BCUT2D eigenvalue weighted by Gasteiger charge is -2.20. The minimum absolute atomic E-state index is 0.329. The number of allylic oxidation sites excluding steroid dienone is 1. The molecule has 102 valence electrons. The lowest BCUT2D eigenvalue weighted by atomic mass is 9.85. The Balaban J connectivity index is 2.10. The van der Waals surface area contributed by atoms with E-state index in [1.807, 2.05) is 12.1 Å². The van der Waals surface area contributed by atoms with E-state index in [1.165, 1.54) is 48.8 Å². The van der Waals surface area contributed by atoms with Gasteiger partial charge in [-0.25, -0.2) is 0 Å². The van der Waals surface area contributed by atoms with Crippen molar-refractivity contribution in [1.29, 1.82) is 0 Å². The molecule has 1 heteroatoms. The van der Waals surface area contributed by atoms with E-state index in [9.17, 15) is 5.11 Å². The van der Waals surface area contributed by atoms with Crippen LogP contribution in [0.2, 0.25) is 0 Å². The fourth-order valence-electron chi connectivity index (χ4n) is 3.04. The molecule has 1 saturated carbocycles. The summed E-state index contributed by atoms with van der Waals surface area (Å²) in [5.41, 5.74) is 5.43. The average molecular weight is 264 g/mol. The van der Waals surface area contributed by atoms with Gasteiger partial charge in [0, 0.05) is 0 Å². The average Bonchev–Trinajstić information content (AvgIpc) is 2.52. The molecule has 0 amide bonds. The Bertz CT molecular complexity index is 585. The largest absolute Gasteiger partial charge is 0.508 e. The first kappa shape index (κ1) is 13.0. The molecule has 1 aliphatic rings. The van der Waals surface area contributed by atoms with E-state index in [1.54, 1.807) is 17.7 Å². The molecular weight excluding hydrogens is 244 g/mol. The molecule has 0 spiro atoms. The van der Waals surface area contributed by atoms with Crippen molar-refractivity contribution in [3.8, 4) is 5.75 Å². The Labute approximate surface area is 120 Å². The van der Waals surface area contributed by atoms with Crippen LogP contribution >= 0.6 is 0 Å². The van der Waals surface area contributed by atoms with Gasteiger partial charge in [-0.2, -0.15) is 0 Å². The molecule has 0 bridgehead atoms. The zero-order valence-electron chi connectivity index (χ0n) is 11.7. The van der Waals surface area contributed by atoms with Gasteiger partial charge in [0.15, 0.2) is 0 Å². The summed E-state index contributed by atoms with van der Waals surface area (Å²) >= 11 is 0. The molecule has 0 heterocycles. The molecule has 1 nitrogen and oxygen atoms in total. The highest BCUT2D eigenvalue weighted by atomic mass is 16.3. The maximum atomic E-state index is 9.50. The molecule has 0 aromatic heterocycles. The second-order valence-electron chi connectivity index (χ2n) is 5.45. The van der Waals surface area contributed by atoms with Crippen molar-refractivity contribution in [2.75, 3.05) is 0 Å². The van der Waals surface area contributed by atoms with E-state index in [0.717, 1.165) is 0 Å². The smallest absolute Gasteiger partial charge is 0.115 e.